The molecule has 0 unspecified atom stereocenters. The number of esters is 1. The first kappa shape index (κ1) is 11.1. The standard InChI is InChI=1S/C10H15N3O3/c1-16-9(15)10(4-2-5-10)13-7-8(3-6-14)11-12-13/h7,14H,2-6H2,1H3. The van der Waals surface area contributed by atoms with Crippen molar-refractivity contribution in [1.29, 1.82) is 0 Å². The van der Waals surface area contributed by atoms with Crippen molar-refractivity contribution in [2.24, 2.45) is 0 Å². The Bertz CT molecular complexity index is 384. The zero-order valence-electron chi connectivity index (χ0n) is 9.22. The molecule has 0 radical (unpaired) electrons. The van der Waals surface area contributed by atoms with Gasteiger partial charge in [-0.15, -0.1) is 5.10 Å². The van der Waals surface area contributed by atoms with Gasteiger partial charge in [0.15, 0.2) is 5.54 Å². The maximum Gasteiger partial charge on any atom is 0.333 e. The SMILES string of the molecule is COC(=O)C1(n2cc(CCO)nn2)CCC1. The van der Waals surface area contributed by atoms with Gasteiger partial charge in [-0.25, -0.2) is 9.48 Å². The van der Waals surface area contributed by atoms with Crippen molar-refractivity contribution in [1.82, 2.24) is 15.0 Å². The van der Waals surface area contributed by atoms with Gasteiger partial charge in [0.05, 0.1) is 12.8 Å². The van der Waals surface area contributed by atoms with Crippen LogP contribution in [0.15, 0.2) is 6.20 Å². The first-order valence-electron chi connectivity index (χ1n) is 5.34. The van der Waals surface area contributed by atoms with E-state index in [0.717, 1.165) is 19.3 Å². The normalized spacial score (nSPS) is 17.9. The Balaban J connectivity index is 2.23. The first-order chi connectivity index (χ1) is 7.73. The molecule has 2 rings (SSSR count). The Morgan fingerprint density at radius 3 is 2.94 bits per heavy atom. The molecule has 0 atom stereocenters. The highest BCUT2D eigenvalue weighted by molar-refractivity contribution is 5.79. The monoisotopic (exact) mass is 225 g/mol. The molecule has 0 amide bonds. The maximum atomic E-state index is 11.7. The second kappa shape index (κ2) is 4.21. The molecule has 0 aliphatic heterocycles. The molecular formula is C10H15N3O3. The van der Waals surface area contributed by atoms with Crippen LogP contribution in [0.4, 0.5) is 0 Å². The molecule has 1 fully saturated rings. The third-order valence-corrected chi connectivity index (χ3v) is 3.09. The van der Waals surface area contributed by atoms with E-state index >= 15 is 0 Å². The largest absolute Gasteiger partial charge is 0.467 e. The van der Waals surface area contributed by atoms with E-state index in [9.17, 15) is 4.79 Å². The minimum absolute atomic E-state index is 0.0317. The molecule has 88 valence electrons. The third kappa shape index (κ3) is 1.59. The number of hydrogen-bond acceptors (Lipinski definition) is 5. The molecule has 6 nitrogen and oxygen atoms in total. The van der Waals surface area contributed by atoms with E-state index in [1.165, 1.54) is 7.11 Å². The van der Waals surface area contributed by atoms with Gasteiger partial charge in [-0.2, -0.15) is 0 Å². The van der Waals surface area contributed by atoms with Crippen molar-refractivity contribution >= 4 is 5.97 Å². The molecule has 1 aliphatic rings. The lowest BCUT2D eigenvalue weighted by molar-refractivity contribution is -0.157. The maximum absolute atomic E-state index is 11.7. The lowest BCUT2D eigenvalue weighted by Gasteiger charge is -2.38. The lowest BCUT2D eigenvalue weighted by atomic mass is 9.77. The molecule has 0 bridgehead atoms. The van der Waals surface area contributed by atoms with Crippen LogP contribution >= 0.6 is 0 Å². The van der Waals surface area contributed by atoms with E-state index < -0.39 is 5.54 Å². The molecule has 1 saturated carbocycles. The second-order valence-electron chi connectivity index (χ2n) is 4.00. The highest BCUT2D eigenvalue weighted by atomic mass is 16.5. The molecule has 1 aromatic heterocycles. The van der Waals surface area contributed by atoms with Crippen LogP contribution in [0.1, 0.15) is 25.0 Å². The Kier molecular flexibility index (Phi) is 2.91. The van der Waals surface area contributed by atoms with Crippen LogP contribution in [0, 0.1) is 0 Å². The van der Waals surface area contributed by atoms with Gasteiger partial charge in [-0.1, -0.05) is 5.21 Å². The summed E-state index contributed by atoms with van der Waals surface area (Å²) in [5, 5.41) is 16.7. The zero-order chi connectivity index (χ0) is 11.6. The molecule has 1 heterocycles. The van der Waals surface area contributed by atoms with Crippen molar-refractivity contribution in [3.8, 4) is 0 Å². The summed E-state index contributed by atoms with van der Waals surface area (Å²) in [6.45, 7) is 0.0317. The summed E-state index contributed by atoms with van der Waals surface area (Å²) >= 11 is 0. The van der Waals surface area contributed by atoms with Gasteiger partial charge in [-0.05, 0) is 19.3 Å². The first-order valence-corrected chi connectivity index (χ1v) is 5.34. The molecule has 0 saturated heterocycles. The van der Waals surface area contributed by atoms with E-state index in [2.05, 4.69) is 10.3 Å². The van der Waals surface area contributed by atoms with Crippen LogP contribution < -0.4 is 0 Å². The number of ether oxygens (including phenoxy) is 1. The van der Waals surface area contributed by atoms with Gasteiger partial charge in [0.1, 0.15) is 0 Å². The summed E-state index contributed by atoms with van der Waals surface area (Å²) in [5.41, 5.74) is 0.0350. The number of aliphatic hydroxyl groups excluding tert-OH is 1. The minimum Gasteiger partial charge on any atom is -0.467 e. The summed E-state index contributed by atoms with van der Waals surface area (Å²) in [5.74, 6) is -0.265. The minimum atomic E-state index is -0.657. The molecule has 1 aliphatic carbocycles. The van der Waals surface area contributed by atoms with E-state index in [0.29, 0.717) is 12.1 Å². The van der Waals surface area contributed by atoms with Crippen LogP contribution in [0.2, 0.25) is 0 Å². The smallest absolute Gasteiger partial charge is 0.333 e. The average Bonchev–Trinajstić information content (AvgIpc) is 2.65. The number of carbonyl (C=O) groups is 1. The van der Waals surface area contributed by atoms with Crippen LogP contribution in [0.3, 0.4) is 0 Å². The van der Waals surface area contributed by atoms with E-state index in [4.69, 9.17) is 9.84 Å². The summed E-state index contributed by atoms with van der Waals surface area (Å²) in [6.07, 6.45) is 4.64. The Morgan fingerprint density at radius 2 is 2.44 bits per heavy atom. The number of aromatic nitrogens is 3. The Hall–Kier alpha value is -1.43. The molecule has 1 aromatic rings. The van der Waals surface area contributed by atoms with Gasteiger partial charge >= 0.3 is 5.97 Å². The fourth-order valence-electron chi connectivity index (χ4n) is 1.97. The Labute approximate surface area is 93.2 Å². The van der Waals surface area contributed by atoms with Gasteiger partial charge in [0, 0.05) is 19.2 Å². The van der Waals surface area contributed by atoms with Crippen molar-refractivity contribution in [2.75, 3.05) is 13.7 Å². The molecule has 0 spiro atoms. The van der Waals surface area contributed by atoms with Crippen molar-refractivity contribution in [2.45, 2.75) is 31.2 Å². The van der Waals surface area contributed by atoms with Crippen molar-refractivity contribution in [3.05, 3.63) is 11.9 Å². The van der Waals surface area contributed by atoms with E-state index in [1.54, 1.807) is 10.9 Å². The van der Waals surface area contributed by atoms with Gasteiger partial charge in [0.25, 0.3) is 0 Å². The summed E-state index contributed by atoms with van der Waals surface area (Å²) < 4.78 is 6.38. The lowest BCUT2D eigenvalue weighted by Crippen LogP contribution is -2.48. The van der Waals surface area contributed by atoms with E-state index in [-0.39, 0.29) is 12.6 Å². The number of nitrogens with zero attached hydrogens (tertiary/aromatic N) is 3. The van der Waals surface area contributed by atoms with Crippen molar-refractivity contribution in [3.63, 3.8) is 0 Å². The van der Waals surface area contributed by atoms with Gasteiger partial charge < -0.3 is 9.84 Å². The Morgan fingerprint density at radius 1 is 1.69 bits per heavy atom. The number of methoxy groups -OCH3 is 1. The van der Waals surface area contributed by atoms with Crippen LogP contribution in [-0.4, -0.2) is 39.8 Å². The van der Waals surface area contributed by atoms with Crippen LogP contribution in [-0.2, 0) is 21.5 Å². The zero-order valence-corrected chi connectivity index (χ0v) is 9.22. The average molecular weight is 225 g/mol. The second-order valence-corrected chi connectivity index (χ2v) is 4.00. The summed E-state index contributed by atoms with van der Waals surface area (Å²) in [7, 11) is 1.38. The number of hydrogen-bond donors (Lipinski definition) is 1. The van der Waals surface area contributed by atoms with Gasteiger partial charge in [-0.3, -0.25) is 0 Å². The predicted molar refractivity (Wildman–Crippen MR) is 54.7 cm³/mol. The topological polar surface area (TPSA) is 77.2 Å². The molecule has 16 heavy (non-hydrogen) atoms. The highest BCUT2D eigenvalue weighted by Gasteiger charge is 2.48. The predicted octanol–water partition coefficient (Wildman–Crippen LogP) is -0.135. The van der Waals surface area contributed by atoms with Crippen molar-refractivity contribution < 1.29 is 14.6 Å². The summed E-state index contributed by atoms with van der Waals surface area (Å²) in [6, 6.07) is 0. The van der Waals surface area contributed by atoms with Gasteiger partial charge in [0.2, 0.25) is 0 Å². The van der Waals surface area contributed by atoms with Crippen LogP contribution in [0.25, 0.3) is 0 Å². The summed E-state index contributed by atoms with van der Waals surface area (Å²) in [4.78, 5) is 11.7. The quantitative estimate of drug-likeness (QED) is 0.722. The third-order valence-electron chi connectivity index (χ3n) is 3.09. The fourth-order valence-corrected chi connectivity index (χ4v) is 1.97. The number of rotatable bonds is 4. The number of aliphatic hydroxyl groups is 1. The highest BCUT2D eigenvalue weighted by Crippen LogP contribution is 2.39. The molecule has 1 N–H and O–H groups in total. The van der Waals surface area contributed by atoms with Crippen LogP contribution in [0.5, 0.6) is 0 Å². The molecular weight excluding hydrogens is 210 g/mol. The molecule has 6 heteroatoms. The fraction of sp³-hybridized carbons (Fsp3) is 0.700. The number of carbonyl (C=O) groups excluding carboxylic acids is 1. The van der Waals surface area contributed by atoms with E-state index in [1.807, 2.05) is 0 Å². The molecule has 0 aromatic carbocycles.